The summed E-state index contributed by atoms with van der Waals surface area (Å²) in [5, 5.41) is 4.32. The predicted molar refractivity (Wildman–Crippen MR) is 108 cm³/mol. The minimum atomic E-state index is 0. The lowest BCUT2D eigenvalue weighted by Gasteiger charge is -2.30. The first-order valence-corrected chi connectivity index (χ1v) is 9.99. The number of aryl methyl sites for hydroxylation is 1. The summed E-state index contributed by atoms with van der Waals surface area (Å²) in [6.45, 7) is 4.94. The number of rotatable bonds is 3. The second-order valence-electron chi connectivity index (χ2n) is 6.90. The zero-order chi connectivity index (χ0) is 17.4. The molecule has 1 N–H and O–H groups in total. The SMILES string of the molecule is CSc1ncccc1C(=O)N1C[C@@H]2CNC[C@@H]2[C@H]1c1ccccc1C.Cl. The Bertz CT molecular complexity index is 800. The monoisotopic (exact) mass is 389 g/mol. The number of carbonyl (C=O) groups is 1. The summed E-state index contributed by atoms with van der Waals surface area (Å²) in [4.78, 5) is 19.9. The van der Waals surface area contributed by atoms with E-state index in [4.69, 9.17) is 0 Å². The molecule has 0 spiro atoms. The molecule has 3 heterocycles. The van der Waals surface area contributed by atoms with Crippen LogP contribution in [0.3, 0.4) is 0 Å². The third kappa shape index (κ3) is 3.24. The first-order valence-electron chi connectivity index (χ1n) is 8.77. The first kappa shape index (κ1) is 19.2. The quantitative estimate of drug-likeness (QED) is 0.815. The van der Waals surface area contributed by atoms with Gasteiger partial charge in [0.05, 0.1) is 11.6 Å². The lowest BCUT2D eigenvalue weighted by Crippen LogP contribution is -2.35. The number of nitrogens with zero attached hydrogens (tertiary/aromatic N) is 2. The van der Waals surface area contributed by atoms with Crippen molar-refractivity contribution in [2.75, 3.05) is 25.9 Å². The highest BCUT2D eigenvalue weighted by molar-refractivity contribution is 7.98. The van der Waals surface area contributed by atoms with Crippen molar-refractivity contribution in [1.29, 1.82) is 0 Å². The number of carbonyl (C=O) groups excluding carboxylic acids is 1. The van der Waals surface area contributed by atoms with E-state index in [0.717, 1.165) is 30.2 Å². The van der Waals surface area contributed by atoms with E-state index in [1.54, 1.807) is 6.20 Å². The Kier molecular flexibility index (Phi) is 5.90. The highest BCUT2D eigenvalue weighted by Crippen LogP contribution is 2.44. The van der Waals surface area contributed by atoms with Gasteiger partial charge in [0.2, 0.25) is 0 Å². The van der Waals surface area contributed by atoms with Crippen LogP contribution in [0.15, 0.2) is 47.6 Å². The molecule has 0 radical (unpaired) electrons. The first-order chi connectivity index (χ1) is 12.2. The number of halogens is 1. The number of fused-ring (bicyclic) bond motifs is 1. The second kappa shape index (κ2) is 7.99. The summed E-state index contributed by atoms with van der Waals surface area (Å²) in [5.41, 5.74) is 3.26. The van der Waals surface area contributed by atoms with E-state index in [1.807, 2.05) is 18.4 Å². The summed E-state index contributed by atoms with van der Waals surface area (Å²) in [7, 11) is 0. The normalized spacial score (nSPS) is 24.2. The van der Waals surface area contributed by atoms with Crippen molar-refractivity contribution in [3.63, 3.8) is 0 Å². The third-order valence-corrected chi connectivity index (χ3v) is 6.24. The summed E-state index contributed by atoms with van der Waals surface area (Å²) < 4.78 is 0. The maximum atomic E-state index is 13.4. The molecule has 6 heteroatoms. The number of aromatic nitrogens is 1. The van der Waals surface area contributed by atoms with Crippen molar-refractivity contribution >= 4 is 30.1 Å². The number of hydrogen-bond acceptors (Lipinski definition) is 4. The van der Waals surface area contributed by atoms with Gasteiger partial charge in [-0.25, -0.2) is 4.98 Å². The molecule has 1 aromatic carbocycles. The summed E-state index contributed by atoms with van der Waals surface area (Å²) in [6, 6.07) is 12.4. The topological polar surface area (TPSA) is 45.2 Å². The summed E-state index contributed by atoms with van der Waals surface area (Å²) in [6.07, 6.45) is 3.73. The fourth-order valence-corrected chi connectivity index (χ4v) is 4.86. The molecule has 1 amide bonds. The van der Waals surface area contributed by atoms with Crippen LogP contribution >= 0.6 is 24.2 Å². The number of amides is 1. The Morgan fingerprint density at radius 1 is 1.23 bits per heavy atom. The standard InChI is InChI=1S/C20H23N3OS.ClH/c1-13-6-3-4-7-15(13)18-17-11-21-10-14(17)12-23(18)20(24)16-8-5-9-22-19(16)25-2;/h3-9,14,17-18,21H,10-12H2,1-2H3;1H/t14-,17-,18+;/m0./s1. The number of thioether (sulfide) groups is 1. The summed E-state index contributed by atoms with van der Waals surface area (Å²) >= 11 is 1.53. The third-order valence-electron chi connectivity index (χ3n) is 5.53. The highest BCUT2D eigenvalue weighted by atomic mass is 35.5. The zero-order valence-electron chi connectivity index (χ0n) is 15.0. The Hall–Kier alpha value is -1.56. The molecule has 0 saturated carbocycles. The molecule has 0 unspecified atom stereocenters. The van der Waals surface area contributed by atoms with Crippen LogP contribution in [0.1, 0.15) is 27.5 Å². The molecule has 0 bridgehead atoms. The van der Waals surface area contributed by atoms with Crippen molar-refractivity contribution in [2.24, 2.45) is 11.8 Å². The predicted octanol–water partition coefficient (Wildman–Crippen LogP) is 3.57. The largest absolute Gasteiger partial charge is 0.331 e. The van der Waals surface area contributed by atoms with E-state index in [2.05, 4.69) is 46.4 Å². The Balaban J connectivity index is 0.00000196. The van der Waals surface area contributed by atoms with Crippen LogP contribution in [0.25, 0.3) is 0 Å². The van der Waals surface area contributed by atoms with Crippen LogP contribution in [0.5, 0.6) is 0 Å². The van der Waals surface area contributed by atoms with Gasteiger partial charge in [-0.1, -0.05) is 24.3 Å². The lowest BCUT2D eigenvalue weighted by atomic mass is 9.87. The minimum Gasteiger partial charge on any atom is -0.331 e. The van der Waals surface area contributed by atoms with Gasteiger partial charge in [-0.15, -0.1) is 24.2 Å². The molecular formula is C20H24ClN3OS. The zero-order valence-corrected chi connectivity index (χ0v) is 16.6. The molecule has 4 rings (SSSR count). The molecule has 2 aromatic rings. The van der Waals surface area contributed by atoms with Crippen molar-refractivity contribution in [1.82, 2.24) is 15.2 Å². The van der Waals surface area contributed by atoms with E-state index in [1.165, 1.54) is 22.9 Å². The van der Waals surface area contributed by atoms with Crippen molar-refractivity contribution in [2.45, 2.75) is 18.0 Å². The maximum absolute atomic E-state index is 13.4. The highest BCUT2D eigenvalue weighted by Gasteiger charge is 2.47. The lowest BCUT2D eigenvalue weighted by molar-refractivity contribution is 0.0709. The van der Waals surface area contributed by atoms with Crippen LogP contribution in [0.4, 0.5) is 0 Å². The molecule has 2 aliphatic rings. The Morgan fingerprint density at radius 3 is 2.81 bits per heavy atom. The van der Waals surface area contributed by atoms with E-state index in [0.29, 0.717) is 11.8 Å². The van der Waals surface area contributed by atoms with E-state index < -0.39 is 0 Å². The molecule has 26 heavy (non-hydrogen) atoms. The van der Waals surface area contributed by atoms with Crippen molar-refractivity contribution in [3.05, 3.63) is 59.3 Å². The van der Waals surface area contributed by atoms with Gasteiger partial charge in [-0.3, -0.25) is 4.79 Å². The van der Waals surface area contributed by atoms with Crippen LogP contribution in [0.2, 0.25) is 0 Å². The van der Waals surface area contributed by atoms with Crippen molar-refractivity contribution < 1.29 is 4.79 Å². The number of nitrogens with one attached hydrogen (secondary N) is 1. The van der Waals surface area contributed by atoms with E-state index in [9.17, 15) is 4.79 Å². The molecule has 4 nitrogen and oxygen atoms in total. The average Bonchev–Trinajstić information content (AvgIpc) is 3.23. The van der Waals surface area contributed by atoms with Crippen molar-refractivity contribution in [3.8, 4) is 0 Å². The minimum absolute atomic E-state index is 0. The van der Waals surface area contributed by atoms with Gasteiger partial charge in [0.1, 0.15) is 5.03 Å². The molecular weight excluding hydrogens is 366 g/mol. The number of pyridine rings is 1. The van der Waals surface area contributed by atoms with Crippen LogP contribution < -0.4 is 5.32 Å². The summed E-state index contributed by atoms with van der Waals surface area (Å²) in [5.74, 6) is 1.13. The van der Waals surface area contributed by atoms with Gasteiger partial charge in [0.15, 0.2) is 0 Å². The van der Waals surface area contributed by atoms with Gasteiger partial charge in [0.25, 0.3) is 5.91 Å². The number of likely N-dealkylation sites (tertiary alicyclic amines) is 1. The smallest absolute Gasteiger partial charge is 0.257 e. The molecule has 0 aliphatic carbocycles. The molecule has 2 fully saturated rings. The molecule has 138 valence electrons. The van der Waals surface area contributed by atoms with Crippen LogP contribution in [0, 0.1) is 18.8 Å². The molecule has 3 atom stereocenters. The van der Waals surface area contributed by atoms with Crippen LogP contribution in [-0.4, -0.2) is 41.7 Å². The maximum Gasteiger partial charge on any atom is 0.257 e. The number of benzene rings is 1. The Morgan fingerprint density at radius 2 is 2.04 bits per heavy atom. The van der Waals surface area contributed by atoms with Gasteiger partial charge in [-0.05, 0) is 42.4 Å². The average molecular weight is 390 g/mol. The fourth-order valence-electron chi connectivity index (χ4n) is 4.32. The molecule has 2 saturated heterocycles. The van der Waals surface area contributed by atoms with Gasteiger partial charge < -0.3 is 10.2 Å². The number of hydrogen-bond donors (Lipinski definition) is 1. The van der Waals surface area contributed by atoms with Gasteiger partial charge in [0, 0.05) is 31.7 Å². The second-order valence-corrected chi connectivity index (χ2v) is 7.70. The molecule has 1 aromatic heterocycles. The van der Waals surface area contributed by atoms with Crippen LogP contribution in [-0.2, 0) is 0 Å². The van der Waals surface area contributed by atoms with E-state index >= 15 is 0 Å². The van der Waals surface area contributed by atoms with E-state index in [-0.39, 0.29) is 24.4 Å². The van der Waals surface area contributed by atoms with Gasteiger partial charge >= 0.3 is 0 Å². The fraction of sp³-hybridized carbons (Fsp3) is 0.400. The molecule has 2 aliphatic heterocycles. The van der Waals surface area contributed by atoms with Gasteiger partial charge in [-0.2, -0.15) is 0 Å². The Labute approximate surface area is 165 Å².